The fourth-order valence-corrected chi connectivity index (χ4v) is 4.07. The Morgan fingerprint density at radius 2 is 1.67 bits per heavy atom. The van der Waals surface area contributed by atoms with E-state index in [9.17, 15) is 9.18 Å². The van der Waals surface area contributed by atoms with Crippen LogP contribution >= 0.6 is 0 Å². The number of aryl methyl sites for hydroxylation is 1. The molecule has 1 unspecified atom stereocenters. The number of halogens is 1. The minimum absolute atomic E-state index is 0.124. The average molecular weight is 442 g/mol. The maximum atomic E-state index is 14.4. The van der Waals surface area contributed by atoms with Crippen molar-refractivity contribution in [1.82, 2.24) is 14.9 Å². The van der Waals surface area contributed by atoms with E-state index in [4.69, 9.17) is 4.98 Å². The van der Waals surface area contributed by atoms with Crippen molar-refractivity contribution in [3.63, 3.8) is 0 Å². The summed E-state index contributed by atoms with van der Waals surface area (Å²) < 4.78 is 16.2. The van der Waals surface area contributed by atoms with Crippen LogP contribution in [0.2, 0.25) is 0 Å². The summed E-state index contributed by atoms with van der Waals surface area (Å²) in [5.74, 6) is 0.105. The van der Waals surface area contributed by atoms with Crippen LogP contribution in [0.5, 0.6) is 0 Å². The third-order valence-electron chi connectivity index (χ3n) is 5.87. The molecule has 4 rings (SSSR count). The molecule has 5 heteroatoms. The first-order chi connectivity index (χ1) is 16.0. The lowest BCUT2D eigenvalue weighted by Gasteiger charge is -2.19. The van der Waals surface area contributed by atoms with E-state index in [0.717, 1.165) is 24.0 Å². The van der Waals surface area contributed by atoms with Crippen molar-refractivity contribution in [1.29, 1.82) is 0 Å². The minimum Gasteiger partial charge on any atom is -0.344 e. The number of nitrogens with zero attached hydrogens (tertiary/aromatic N) is 2. The highest BCUT2D eigenvalue weighted by molar-refractivity contribution is 5.99. The highest BCUT2D eigenvalue weighted by Gasteiger charge is 2.25. The van der Waals surface area contributed by atoms with E-state index in [1.54, 1.807) is 17.6 Å². The van der Waals surface area contributed by atoms with Gasteiger partial charge in [-0.1, -0.05) is 86.1 Å². The molecule has 4 aromatic rings. The van der Waals surface area contributed by atoms with Gasteiger partial charge in [-0.3, -0.25) is 4.79 Å². The second kappa shape index (κ2) is 9.82. The summed E-state index contributed by atoms with van der Waals surface area (Å²) >= 11 is 0. The summed E-state index contributed by atoms with van der Waals surface area (Å²) in [6.45, 7) is 3.82. The largest absolute Gasteiger partial charge is 0.344 e. The molecule has 1 N–H and O–H groups in total. The molecule has 1 heterocycles. The van der Waals surface area contributed by atoms with E-state index < -0.39 is 0 Å². The number of benzene rings is 3. The van der Waals surface area contributed by atoms with Crippen LogP contribution in [0.1, 0.15) is 47.4 Å². The third-order valence-corrected chi connectivity index (χ3v) is 5.87. The van der Waals surface area contributed by atoms with E-state index in [2.05, 4.69) is 12.2 Å². The van der Waals surface area contributed by atoms with Crippen molar-refractivity contribution in [3.05, 3.63) is 102 Å². The summed E-state index contributed by atoms with van der Waals surface area (Å²) in [5, 5.41) is 3.20. The molecule has 0 aliphatic heterocycles. The Labute approximate surface area is 194 Å². The molecule has 0 fully saturated rings. The van der Waals surface area contributed by atoms with Gasteiger partial charge in [0.2, 0.25) is 0 Å². The van der Waals surface area contributed by atoms with E-state index >= 15 is 0 Å². The number of aromatic nitrogens is 2. The Morgan fingerprint density at radius 1 is 1.00 bits per heavy atom. The van der Waals surface area contributed by atoms with Gasteiger partial charge >= 0.3 is 0 Å². The zero-order chi connectivity index (χ0) is 23.4. The van der Waals surface area contributed by atoms with Crippen molar-refractivity contribution in [2.75, 3.05) is 0 Å². The number of carbonyl (C=O) groups is 1. The van der Waals surface area contributed by atoms with Crippen LogP contribution in [-0.4, -0.2) is 15.5 Å². The van der Waals surface area contributed by atoms with Gasteiger partial charge in [-0.2, -0.15) is 0 Å². The summed E-state index contributed by atoms with van der Waals surface area (Å²) in [6, 6.07) is 24.5. The second-order valence-electron chi connectivity index (χ2n) is 8.25. The Bertz CT molecular complexity index is 1250. The fourth-order valence-electron chi connectivity index (χ4n) is 4.07. The summed E-state index contributed by atoms with van der Waals surface area (Å²) in [4.78, 5) is 18.5. The maximum absolute atomic E-state index is 14.4. The van der Waals surface area contributed by atoms with Crippen LogP contribution in [0.25, 0.3) is 22.6 Å². The van der Waals surface area contributed by atoms with E-state index in [1.165, 1.54) is 6.07 Å². The molecule has 0 bridgehead atoms. The monoisotopic (exact) mass is 441 g/mol. The third kappa shape index (κ3) is 4.72. The van der Waals surface area contributed by atoms with Gasteiger partial charge in [0, 0.05) is 18.2 Å². The van der Waals surface area contributed by atoms with Crippen LogP contribution in [0.15, 0.2) is 78.9 Å². The van der Waals surface area contributed by atoms with Gasteiger partial charge in [0.15, 0.2) is 0 Å². The number of hydrogen-bond acceptors (Lipinski definition) is 2. The lowest BCUT2D eigenvalue weighted by molar-refractivity contribution is 0.0927. The average Bonchev–Trinajstić information content (AvgIpc) is 3.19. The molecule has 33 heavy (non-hydrogen) atoms. The fraction of sp³-hybridized carbons (Fsp3) is 0.214. The minimum atomic E-state index is -0.320. The van der Waals surface area contributed by atoms with Crippen LogP contribution in [0.3, 0.4) is 0 Å². The molecule has 168 valence electrons. The van der Waals surface area contributed by atoms with Gasteiger partial charge in [0.1, 0.15) is 23.0 Å². The van der Waals surface area contributed by atoms with Gasteiger partial charge in [-0.05, 0) is 30.5 Å². The molecule has 0 aliphatic rings. The van der Waals surface area contributed by atoms with E-state index in [-0.39, 0.29) is 17.8 Å². The Kier molecular flexibility index (Phi) is 6.68. The molecule has 0 radical (unpaired) electrons. The van der Waals surface area contributed by atoms with Crippen LogP contribution < -0.4 is 5.32 Å². The predicted molar refractivity (Wildman–Crippen MR) is 130 cm³/mol. The summed E-state index contributed by atoms with van der Waals surface area (Å²) in [5.41, 5.74) is 3.95. The molecule has 3 aromatic carbocycles. The number of hydrogen-bond donors (Lipinski definition) is 1. The predicted octanol–water partition coefficient (Wildman–Crippen LogP) is 6.47. The van der Waals surface area contributed by atoms with Crippen molar-refractivity contribution in [2.24, 2.45) is 7.05 Å². The molecular formula is C28H28FN3O. The molecular weight excluding hydrogens is 413 g/mol. The van der Waals surface area contributed by atoms with Gasteiger partial charge in [-0.15, -0.1) is 0 Å². The lowest BCUT2D eigenvalue weighted by atomic mass is 10.0. The SMILES string of the molecule is CCCC(NC(=O)c1c(-c2ccc(C)c(F)c2)nc(-c2ccccc2)n1C)c1ccccc1. The van der Waals surface area contributed by atoms with Crippen LogP contribution in [0, 0.1) is 12.7 Å². The lowest BCUT2D eigenvalue weighted by Crippen LogP contribution is -2.30. The number of rotatable bonds is 7. The normalized spacial score (nSPS) is 11.9. The van der Waals surface area contributed by atoms with Crippen LogP contribution in [-0.2, 0) is 7.05 Å². The molecule has 1 aromatic heterocycles. The molecule has 4 nitrogen and oxygen atoms in total. The highest BCUT2D eigenvalue weighted by Crippen LogP contribution is 2.30. The van der Waals surface area contributed by atoms with Crippen molar-refractivity contribution < 1.29 is 9.18 Å². The first kappa shape index (κ1) is 22.5. The Hall–Kier alpha value is -3.73. The first-order valence-corrected chi connectivity index (χ1v) is 11.2. The quantitative estimate of drug-likeness (QED) is 0.357. The van der Waals surface area contributed by atoms with Crippen molar-refractivity contribution in [2.45, 2.75) is 32.7 Å². The van der Waals surface area contributed by atoms with Gasteiger partial charge < -0.3 is 9.88 Å². The molecule has 0 spiro atoms. The van der Waals surface area contributed by atoms with Crippen LogP contribution in [0.4, 0.5) is 4.39 Å². The van der Waals surface area contributed by atoms with Crippen molar-refractivity contribution in [3.8, 4) is 22.6 Å². The zero-order valence-corrected chi connectivity index (χ0v) is 19.2. The highest BCUT2D eigenvalue weighted by atomic mass is 19.1. The topological polar surface area (TPSA) is 46.9 Å². The Balaban J connectivity index is 1.80. The summed E-state index contributed by atoms with van der Waals surface area (Å²) in [7, 11) is 1.83. The van der Waals surface area contributed by atoms with E-state index in [1.807, 2.05) is 73.8 Å². The molecule has 1 atom stereocenters. The standard InChI is InChI=1S/C28H28FN3O/c1-4-11-24(20-12-7-5-8-13-20)30-28(33)26-25(22-17-16-19(2)23(29)18-22)31-27(32(26)3)21-14-9-6-10-15-21/h5-10,12-18,24H,4,11H2,1-3H3,(H,30,33). The Morgan fingerprint density at radius 3 is 2.30 bits per heavy atom. The zero-order valence-electron chi connectivity index (χ0n) is 19.2. The molecule has 0 aliphatic carbocycles. The van der Waals surface area contributed by atoms with Gasteiger partial charge in [0.25, 0.3) is 5.91 Å². The molecule has 0 saturated carbocycles. The number of nitrogens with one attached hydrogen (secondary N) is 1. The number of imidazole rings is 1. The molecule has 0 saturated heterocycles. The number of carbonyl (C=O) groups excluding carboxylic acids is 1. The smallest absolute Gasteiger partial charge is 0.270 e. The molecule has 1 amide bonds. The maximum Gasteiger partial charge on any atom is 0.270 e. The van der Waals surface area contributed by atoms with Gasteiger partial charge in [0.05, 0.1) is 6.04 Å². The first-order valence-electron chi connectivity index (χ1n) is 11.2. The number of amides is 1. The second-order valence-corrected chi connectivity index (χ2v) is 8.25. The van der Waals surface area contributed by atoms with Crippen molar-refractivity contribution >= 4 is 5.91 Å². The summed E-state index contributed by atoms with van der Waals surface area (Å²) in [6.07, 6.45) is 1.74. The van der Waals surface area contributed by atoms with E-state index in [0.29, 0.717) is 28.3 Å². The van der Waals surface area contributed by atoms with Gasteiger partial charge in [-0.25, -0.2) is 9.37 Å².